The van der Waals surface area contributed by atoms with Crippen LogP contribution < -0.4 is 15.4 Å². The minimum atomic E-state index is -0.237. The number of hydrogen-bond donors (Lipinski definition) is 2. The molecular weight excluding hydrogens is 613 g/mol. The van der Waals surface area contributed by atoms with Crippen molar-refractivity contribution in [1.29, 1.82) is 0 Å². The van der Waals surface area contributed by atoms with Crippen molar-refractivity contribution in [3.8, 4) is 5.75 Å². The van der Waals surface area contributed by atoms with Gasteiger partial charge in [-0.15, -0.1) is 10.2 Å². The zero-order chi connectivity index (χ0) is 27.8. The molecule has 0 radical (unpaired) electrons. The van der Waals surface area contributed by atoms with Crippen LogP contribution in [0.2, 0.25) is 0 Å². The first kappa shape index (κ1) is 29.9. The van der Waals surface area contributed by atoms with Crippen molar-refractivity contribution >= 4 is 51.9 Å². The Morgan fingerprint density at radius 1 is 1.03 bits per heavy atom. The van der Waals surface area contributed by atoms with Crippen molar-refractivity contribution in [2.75, 3.05) is 17.7 Å². The Bertz CT molecular complexity index is 1280. The molecule has 2 aromatic carbocycles. The number of ether oxygens (including phenoxy) is 1. The molecule has 0 aliphatic carbocycles. The number of amides is 2. The van der Waals surface area contributed by atoms with Crippen molar-refractivity contribution in [3.05, 3.63) is 62.5 Å². The number of nitrogens with zero attached hydrogens (tertiary/aromatic N) is 3. The summed E-state index contributed by atoms with van der Waals surface area (Å²) in [5.41, 5.74) is 4.09. The van der Waals surface area contributed by atoms with Crippen LogP contribution in [0.5, 0.6) is 5.75 Å². The SMILES string of the molecule is CCn1c(CNC(=O)COc2cc(C)ccc2C(C)C)nnc1SCC(=O)Nc1ccc(I)cc1C(C)C. The summed E-state index contributed by atoms with van der Waals surface area (Å²) in [7, 11) is 0. The average Bonchev–Trinajstić information content (AvgIpc) is 3.27. The average molecular weight is 650 g/mol. The van der Waals surface area contributed by atoms with E-state index in [4.69, 9.17) is 4.74 Å². The number of hydrogen-bond acceptors (Lipinski definition) is 6. The number of thioether (sulfide) groups is 1. The summed E-state index contributed by atoms with van der Waals surface area (Å²) in [5, 5.41) is 15.0. The molecule has 0 saturated carbocycles. The number of carbonyl (C=O) groups excluding carboxylic acids is 2. The third kappa shape index (κ3) is 8.20. The standard InChI is InChI=1S/C28H36IN5O3S/c1-7-34-25(14-30-26(35)15-37-24-12-19(6)8-10-21(24)17(2)3)32-33-28(34)38-16-27(36)31-23-11-9-20(29)13-22(23)18(4)5/h8-13,17-18H,7,14-16H2,1-6H3,(H,30,35)(H,31,36). The van der Waals surface area contributed by atoms with E-state index >= 15 is 0 Å². The molecule has 1 heterocycles. The molecule has 0 bridgehead atoms. The van der Waals surface area contributed by atoms with Crippen molar-refractivity contribution in [2.24, 2.45) is 0 Å². The van der Waals surface area contributed by atoms with Gasteiger partial charge in [0.1, 0.15) is 5.75 Å². The van der Waals surface area contributed by atoms with E-state index in [1.807, 2.05) is 48.7 Å². The fourth-order valence-corrected chi connectivity index (χ4v) is 5.27. The molecule has 3 aromatic rings. The van der Waals surface area contributed by atoms with Crippen LogP contribution in [0.25, 0.3) is 0 Å². The lowest BCUT2D eigenvalue weighted by atomic mass is 10.0. The van der Waals surface area contributed by atoms with Gasteiger partial charge in [0.15, 0.2) is 17.6 Å². The van der Waals surface area contributed by atoms with Gasteiger partial charge in [0.2, 0.25) is 5.91 Å². The van der Waals surface area contributed by atoms with Gasteiger partial charge in [-0.1, -0.05) is 51.6 Å². The lowest BCUT2D eigenvalue weighted by molar-refractivity contribution is -0.123. The van der Waals surface area contributed by atoms with Gasteiger partial charge >= 0.3 is 0 Å². The van der Waals surface area contributed by atoms with Crippen LogP contribution in [0.3, 0.4) is 0 Å². The molecule has 10 heteroatoms. The van der Waals surface area contributed by atoms with Gasteiger partial charge in [0, 0.05) is 15.8 Å². The first-order valence-corrected chi connectivity index (χ1v) is 14.8. The molecule has 2 N–H and O–H groups in total. The van der Waals surface area contributed by atoms with Crippen LogP contribution in [-0.2, 0) is 22.7 Å². The van der Waals surface area contributed by atoms with Gasteiger partial charge in [-0.2, -0.15) is 0 Å². The van der Waals surface area contributed by atoms with Gasteiger partial charge in [-0.3, -0.25) is 9.59 Å². The topological polar surface area (TPSA) is 98.1 Å². The lowest BCUT2D eigenvalue weighted by Crippen LogP contribution is -2.29. The maximum atomic E-state index is 12.7. The van der Waals surface area contributed by atoms with Gasteiger partial charge in [0.25, 0.3) is 5.91 Å². The Kier molecular flexibility index (Phi) is 11.0. The molecule has 0 aliphatic rings. The van der Waals surface area contributed by atoms with Crippen LogP contribution in [-0.4, -0.2) is 38.9 Å². The second-order valence-corrected chi connectivity index (χ2v) is 11.8. The van der Waals surface area contributed by atoms with E-state index in [9.17, 15) is 9.59 Å². The highest BCUT2D eigenvalue weighted by atomic mass is 127. The Labute approximate surface area is 242 Å². The van der Waals surface area contributed by atoms with Crippen molar-refractivity contribution in [3.63, 3.8) is 0 Å². The fraction of sp³-hybridized carbons (Fsp3) is 0.429. The first-order valence-electron chi connectivity index (χ1n) is 12.7. The molecule has 0 saturated heterocycles. The molecule has 0 fully saturated rings. The number of rotatable bonds is 12. The number of halogens is 1. The summed E-state index contributed by atoms with van der Waals surface area (Å²) in [6.07, 6.45) is 0. The smallest absolute Gasteiger partial charge is 0.258 e. The van der Waals surface area contributed by atoms with Crippen LogP contribution in [0.15, 0.2) is 41.6 Å². The van der Waals surface area contributed by atoms with E-state index in [0.29, 0.717) is 29.4 Å². The quantitative estimate of drug-likeness (QED) is 0.188. The van der Waals surface area contributed by atoms with E-state index in [2.05, 4.69) is 77.2 Å². The lowest BCUT2D eigenvalue weighted by Gasteiger charge is -2.15. The van der Waals surface area contributed by atoms with E-state index in [1.165, 1.54) is 11.8 Å². The summed E-state index contributed by atoms with van der Waals surface area (Å²) < 4.78 is 8.87. The number of anilines is 1. The van der Waals surface area contributed by atoms with E-state index in [1.54, 1.807) is 0 Å². The molecule has 3 rings (SSSR count). The van der Waals surface area contributed by atoms with Crippen molar-refractivity contribution in [2.45, 2.75) is 71.6 Å². The predicted octanol–water partition coefficient (Wildman–Crippen LogP) is 5.88. The number of benzene rings is 2. The van der Waals surface area contributed by atoms with Crippen LogP contribution in [0, 0.1) is 10.5 Å². The van der Waals surface area contributed by atoms with Gasteiger partial charge in [0.05, 0.1) is 12.3 Å². The normalized spacial score (nSPS) is 11.2. The molecule has 2 amide bonds. The number of nitrogens with one attached hydrogen (secondary N) is 2. The Hall–Kier alpha value is -2.60. The zero-order valence-electron chi connectivity index (χ0n) is 22.8. The van der Waals surface area contributed by atoms with Gasteiger partial charge in [-0.05, 0) is 89.2 Å². The number of carbonyl (C=O) groups is 2. The van der Waals surface area contributed by atoms with Crippen molar-refractivity contribution in [1.82, 2.24) is 20.1 Å². The first-order chi connectivity index (χ1) is 18.1. The Morgan fingerprint density at radius 2 is 1.76 bits per heavy atom. The third-order valence-electron chi connectivity index (χ3n) is 5.95. The second kappa shape index (κ2) is 14.0. The minimum absolute atomic E-state index is 0.0812. The van der Waals surface area contributed by atoms with Gasteiger partial charge in [-0.25, -0.2) is 0 Å². The Morgan fingerprint density at radius 3 is 2.45 bits per heavy atom. The zero-order valence-corrected chi connectivity index (χ0v) is 25.8. The second-order valence-electron chi connectivity index (χ2n) is 9.63. The fourth-order valence-electron chi connectivity index (χ4n) is 3.93. The maximum absolute atomic E-state index is 12.7. The summed E-state index contributed by atoms with van der Waals surface area (Å²) in [6.45, 7) is 13.2. The monoisotopic (exact) mass is 649 g/mol. The maximum Gasteiger partial charge on any atom is 0.258 e. The summed E-state index contributed by atoms with van der Waals surface area (Å²) in [5.74, 6) is 1.82. The van der Waals surface area contributed by atoms with Crippen LogP contribution in [0.4, 0.5) is 5.69 Å². The van der Waals surface area contributed by atoms with Gasteiger partial charge < -0.3 is 19.9 Å². The molecule has 204 valence electrons. The van der Waals surface area contributed by atoms with E-state index in [0.717, 1.165) is 31.7 Å². The van der Waals surface area contributed by atoms with E-state index in [-0.39, 0.29) is 30.7 Å². The molecule has 0 unspecified atom stereocenters. The van der Waals surface area contributed by atoms with E-state index < -0.39 is 0 Å². The van der Waals surface area contributed by atoms with Crippen LogP contribution >= 0.6 is 34.4 Å². The molecule has 38 heavy (non-hydrogen) atoms. The van der Waals surface area contributed by atoms with Crippen molar-refractivity contribution < 1.29 is 14.3 Å². The summed E-state index contributed by atoms with van der Waals surface area (Å²) >= 11 is 3.60. The highest BCUT2D eigenvalue weighted by Crippen LogP contribution is 2.28. The predicted molar refractivity (Wildman–Crippen MR) is 161 cm³/mol. The third-order valence-corrected chi connectivity index (χ3v) is 7.58. The molecule has 8 nitrogen and oxygen atoms in total. The summed E-state index contributed by atoms with van der Waals surface area (Å²) in [6, 6.07) is 12.1. The number of aromatic nitrogens is 3. The Balaban J connectivity index is 1.54. The highest BCUT2D eigenvalue weighted by Gasteiger charge is 2.16. The number of aryl methyl sites for hydroxylation is 1. The molecule has 0 spiro atoms. The molecule has 0 atom stereocenters. The van der Waals surface area contributed by atoms with Crippen LogP contribution in [0.1, 0.15) is 69.0 Å². The molecule has 0 aliphatic heterocycles. The largest absolute Gasteiger partial charge is 0.483 e. The summed E-state index contributed by atoms with van der Waals surface area (Å²) in [4.78, 5) is 25.2. The molecular formula is C28H36IN5O3S. The minimum Gasteiger partial charge on any atom is -0.483 e. The molecule has 1 aromatic heterocycles. The highest BCUT2D eigenvalue weighted by molar-refractivity contribution is 14.1.